The molecule has 1 atom stereocenters. The van der Waals surface area contributed by atoms with Crippen molar-refractivity contribution in [1.29, 1.82) is 0 Å². The standard InChI is InChI=1S/C16H18F2N4/c17-13-2-1-12(15(18)9-13)3-7-22-8-4-14(11-22)21-16-10-19-5-6-20-16/h1-2,5-6,9-10,14H,3-4,7-8,11H2,(H,20,21)/t14-/m1/s1. The molecule has 1 saturated heterocycles. The molecule has 0 bridgehead atoms. The van der Waals surface area contributed by atoms with Crippen LogP contribution in [-0.2, 0) is 6.42 Å². The van der Waals surface area contributed by atoms with Gasteiger partial charge in [-0.2, -0.15) is 0 Å². The highest BCUT2D eigenvalue weighted by atomic mass is 19.1. The van der Waals surface area contributed by atoms with Crippen molar-refractivity contribution in [2.45, 2.75) is 18.9 Å². The van der Waals surface area contributed by atoms with E-state index in [2.05, 4.69) is 20.2 Å². The Bertz CT molecular complexity index is 621. The van der Waals surface area contributed by atoms with Crippen LogP contribution in [0.15, 0.2) is 36.8 Å². The zero-order valence-corrected chi connectivity index (χ0v) is 12.2. The molecule has 1 fully saturated rings. The van der Waals surface area contributed by atoms with Crippen molar-refractivity contribution >= 4 is 5.82 Å². The van der Waals surface area contributed by atoms with E-state index >= 15 is 0 Å². The van der Waals surface area contributed by atoms with Gasteiger partial charge in [-0.05, 0) is 24.5 Å². The topological polar surface area (TPSA) is 41.0 Å². The third-order valence-corrected chi connectivity index (χ3v) is 3.90. The van der Waals surface area contributed by atoms with Gasteiger partial charge in [0.05, 0.1) is 6.20 Å². The molecule has 1 aliphatic rings. The zero-order chi connectivity index (χ0) is 15.4. The maximum absolute atomic E-state index is 13.6. The van der Waals surface area contributed by atoms with Crippen LogP contribution in [0.4, 0.5) is 14.6 Å². The Balaban J connectivity index is 1.49. The Morgan fingerprint density at radius 2 is 2.18 bits per heavy atom. The number of anilines is 1. The van der Waals surface area contributed by atoms with Gasteiger partial charge in [0, 0.05) is 44.1 Å². The van der Waals surface area contributed by atoms with Crippen molar-refractivity contribution in [1.82, 2.24) is 14.9 Å². The van der Waals surface area contributed by atoms with Crippen LogP contribution < -0.4 is 5.32 Å². The highest BCUT2D eigenvalue weighted by Crippen LogP contribution is 2.16. The maximum atomic E-state index is 13.6. The van der Waals surface area contributed by atoms with Gasteiger partial charge in [0.1, 0.15) is 17.5 Å². The molecule has 0 unspecified atom stereocenters. The molecule has 0 radical (unpaired) electrons. The number of rotatable bonds is 5. The summed E-state index contributed by atoms with van der Waals surface area (Å²) in [6.07, 6.45) is 6.61. The number of hydrogen-bond acceptors (Lipinski definition) is 4. The molecule has 1 aromatic carbocycles. The van der Waals surface area contributed by atoms with Crippen LogP contribution in [0.5, 0.6) is 0 Å². The molecule has 1 aromatic heterocycles. The Morgan fingerprint density at radius 1 is 1.27 bits per heavy atom. The van der Waals surface area contributed by atoms with E-state index in [0.717, 1.165) is 37.9 Å². The van der Waals surface area contributed by atoms with E-state index in [1.54, 1.807) is 18.6 Å². The highest BCUT2D eigenvalue weighted by Gasteiger charge is 2.22. The van der Waals surface area contributed by atoms with E-state index in [1.165, 1.54) is 12.1 Å². The van der Waals surface area contributed by atoms with Crippen LogP contribution in [0.1, 0.15) is 12.0 Å². The minimum absolute atomic E-state index is 0.328. The molecular weight excluding hydrogens is 286 g/mol. The Kier molecular flexibility index (Phi) is 4.58. The van der Waals surface area contributed by atoms with Crippen LogP contribution in [0, 0.1) is 11.6 Å². The summed E-state index contributed by atoms with van der Waals surface area (Å²) in [5.74, 6) is -0.219. The molecular formula is C16H18F2N4. The smallest absolute Gasteiger partial charge is 0.144 e. The van der Waals surface area contributed by atoms with Gasteiger partial charge in [-0.3, -0.25) is 4.98 Å². The van der Waals surface area contributed by atoms with Crippen LogP contribution >= 0.6 is 0 Å². The van der Waals surface area contributed by atoms with E-state index in [0.29, 0.717) is 18.0 Å². The normalized spacial score (nSPS) is 18.5. The summed E-state index contributed by atoms with van der Waals surface area (Å²) in [5.41, 5.74) is 0.562. The summed E-state index contributed by atoms with van der Waals surface area (Å²) in [6.45, 7) is 2.61. The van der Waals surface area contributed by atoms with Crippen molar-refractivity contribution in [3.63, 3.8) is 0 Å². The van der Waals surface area contributed by atoms with Gasteiger partial charge in [-0.1, -0.05) is 6.07 Å². The molecule has 1 aliphatic heterocycles. The highest BCUT2D eigenvalue weighted by molar-refractivity contribution is 5.32. The quantitative estimate of drug-likeness (QED) is 0.921. The average molecular weight is 304 g/mol. The average Bonchev–Trinajstić information content (AvgIpc) is 2.95. The number of aromatic nitrogens is 2. The molecule has 2 heterocycles. The number of benzene rings is 1. The Hall–Kier alpha value is -2.08. The lowest BCUT2D eigenvalue weighted by Crippen LogP contribution is -2.28. The predicted molar refractivity (Wildman–Crippen MR) is 80.6 cm³/mol. The van der Waals surface area contributed by atoms with Crippen LogP contribution in [-0.4, -0.2) is 40.5 Å². The van der Waals surface area contributed by atoms with Crippen molar-refractivity contribution in [2.75, 3.05) is 25.0 Å². The lowest BCUT2D eigenvalue weighted by atomic mass is 10.1. The Labute approximate surface area is 128 Å². The van der Waals surface area contributed by atoms with Crippen molar-refractivity contribution < 1.29 is 8.78 Å². The lowest BCUT2D eigenvalue weighted by molar-refractivity contribution is 0.338. The number of hydrogen-bond donors (Lipinski definition) is 1. The van der Waals surface area contributed by atoms with Crippen molar-refractivity contribution in [2.24, 2.45) is 0 Å². The van der Waals surface area contributed by atoms with Gasteiger partial charge in [0.2, 0.25) is 0 Å². The summed E-state index contributed by atoms with van der Waals surface area (Å²) < 4.78 is 26.5. The summed E-state index contributed by atoms with van der Waals surface area (Å²) in [5, 5.41) is 3.35. The first-order chi connectivity index (χ1) is 10.7. The van der Waals surface area contributed by atoms with Gasteiger partial charge < -0.3 is 10.2 Å². The molecule has 3 rings (SSSR count). The van der Waals surface area contributed by atoms with Crippen molar-refractivity contribution in [3.8, 4) is 0 Å². The van der Waals surface area contributed by atoms with Gasteiger partial charge >= 0.3 is 0 Å². The summed E-state index contributed by atoms with van der Waals surface area (Å²) >= 11 is 0. The predicted octanol–water partition coefficient (Wildman–Crippen LogP) is 2.48. The maximum Gasteiger partial charge on any atom is 0.144 e. The van der Waals surface area contributed by atoms with Gasteiger partial charge in [0.15, 0.2) is 0 Å². The summed E-state index contributed by atoms with van der Waals surface area (Å²) in [7, 11) is 0. The first kappa shape index (κ1) is 14.8. The van der Waals surface area contributed by atoms with Crippen LogP contribution in [0.2, 0.25) is 0 Å². The molecule has 22 heavy (non-hydrogen) atoms. The number of nitrogens with zero attached hydrogens (tertiary/aromatic N) is 3. The third kappa shape index (κ3) is 3.76. The van der Waals surface area contributed by atoms with Gasteiger partial charge in [-0.15, -0.1) is 0 Å². The molecule has 2 aromatic rings. The second kappa shape index (κ2) is 6.79. The van der Waals surface area contributed by atoms with Crippen molar-refractivity contribution in [3.05, 3.63) is 54.0 Å². The summed E-state index contributed by atoms with van der Waals surface area (Å²) in [4.78, 5) is 10.5. The molecule has 0 saturated carbocycles. The second-order valence-corrected chi connectivity index (χ2v) is 5.51. The molecule has 116 valence electrons. The first-order valence-electron chi connectivity index (χ1n) is 7.39. The fourth-order valence-electron chi connectivity index (χ4n) is 2.74. The second-order valence-electron chi connectivity index (χ2n) is 5.51. The molecule has 1 N–H and O–H groups in total. The number of likely N-dealkylation sites (tertiary alicyclic amines) is 1. The third-order valence-electron chi connectivity index (χ3n) is 3.90. The van der Waals surface area contributed by atoms with E-state index in [-0.39, 0.29) is 0 Å². The van der Waals surface area contributed by atoms with Crippen LogP contribution in [0.25, 0.3) is 0 Å². The number of nitrogens with one attached hydrogen (secondary N) is 1. The fraction of sp³-hybridized carbons (Fsp3) is 0.375. The first-order valence-corrected chi connectivity index (χ1v) is 7.39. The van der Waals surface area contributed by atoms with E-state index < -0.39 is 11.6 Å². The minimum atomic E-state index is -0.532. The fourth-order valence-corrected chi connectivity index (χ4v) is 2.74. The van der Waals surface area contributed by atoms with E-state index in [1.807, 2.05) is 0 Å². The van der Waals surface area contributed by atoms with Gasteiger partial charge in [0.25, 0.3) is 0 Å². The molecule has 0 amide bonds. The number of halogens is 2. The molecule has 0 spiro atoms. The van der Waals surface area contributed by atoms with Gasteiger partial charge in [-0.25, -0.2) is 13.8 Å². The lowest BCUT2D eigenvalue weighted by Gasteiger charge is -2.17. The largest absolute Gasteiger partial charge is 0.365 e. The van der Waals surface area contributed by atoms with Crippen LogP contribution in [0.3, 0.4) is 0 Å². The van der Waals surface area contributed by atoms with E-state index in [9.17, 15) is 8.78 Å². The minimum Gasteiger partial charge on any atom is -0.365 e. The molecule has 4 nitrogen and oxygen atoms in total. The Morgan fingerprint density at radius 3 is 2.95 bits per heavy atom. The SMILES string of the molecule is Fc1ccc(CCN2CC[C@@H](Nc3cnccn3)C2)c(F)c1. The van der Waals surface area contributed by atoms with E-state index in [4.69, 9.17) is 0 Å². The molecule has 6 heteroatoms. The molecule has 0 aliphatic carbocycles. The monoisotopic (exact) mass is 304 g/mol. The zero-order valence-electron chi connectivity index (χ0n) is 12.2. The summed E-state index contributed by atoms with van der Waals surface area (Å²) in [6, 6.07) is 4.10.